The van der Waals surface area contributed by atoms with E-state index >= 15 is 0 Å². The van der Waals surface area contributed by atoms with Gasteiger partial charge in [-0.2, -0.15) is 5.10 Å². The second kappa shape index (κ2) is 12.5. The molecule has 0 amide bonds. The van der Waals surface area contributed by atoms with Crippen LogP contribution in [-0.2, 0) is 27.9 Å². The van der Waals surface area contributed by atoms with Crippen molar-refractivity contribution in [3.05, 3.63) is 40.5 Å². The molecule has 3 heterocycles. The molecule has 0 aromatic carbocycles. The second-order valence-corrected chi connectivity index (χ2v) is 20.2. The van der Waals surface area contributed by atoms with Gasteiger partial charge in [-0.1, -0.05) is 67.4 Å². The first kappa shape index (κ1) is 36.4. The summed E-state index contributed by atoms with van der Waals surface area (Å²) in [6.07, 6.45) is 13.2. The number of furan rings is 1. The molecule has 4 fully saturated rings. The number of rotatable bonds is 7. The number of aromatic nitrogens is 2. The molecule has 286 valence electrons. The third kappa shape index (κ3) is 5.18. The van der Waals surface area contributed by atoms with E-state index in [-0.39, 0.29) is 39.0 Å². The van der Waals surface area contributed by atoms with Crippen LogP contribution < -0.4 is 11.1 Å². The molecule has 5 aliphatic carbocycles. The number of hydrogen-bond acceptors (Lipinski definition) is 7. The predicted octanol–water partition coefficient (Wildman–Crippen LogP) is 8.68. The number of anilines is 1. The lowest BCUT2D eigenvalue weighted by Crippen LogP contribution is -2.65. The maximum absolute atomic E-state index is 14.6. The van der Waals surface area contributed by atoms with E-state index in [1.807, 2.05) is 6.26 Å². The molecule has 8 rings (SSSR count). The van der Waals surface area contributed by atoms with Crippen LogP contribution >= 0.6 is 0 Å². The van der Waals surface area contributed by atoms with Gasteiger partial charge in [-0.05, 0) is 115 Å². The normalized spacial score (nSPS) is 38.0. The van der Waals surface area contributed by atoms with Crippen LogP contribution in [0.5, 0.6) is 0 Å². The Morgan fingerprint density at radius 2 is 1.79 bits per heavy atom. The van der Waals surface area contributed by atoms with E-state index in [0.29, 0.717) is 24.3 Å². The minimum absolute atomic E-state index is 0.0309. The van der Waals surface area contributed by atoms with Crippen LogP contribution in [0.25, 0.3) is 5.57 Å². The van der Waals surface area contributed by atoms with E-state index in [1.54, 1.807) is 5.57 Å². The lowest BCUT2D eigenvalue weighted by atomic mass is 9.32. The number of esters is 1. The highest BCUT2D eigenvalue weighted by Crippen LogP contribution is 2.77. The highest BCUT2D eigenvalue weighted by Gasteiger charge is 2.70. The maximum Gasteiger partial charge on any atom is 0.312 e. The number of nitrogens with zero attached hydrogens (tertiary/aromatic N) is 2. The number of hydrogen-bond donors (Lipinski definition) is 3. The maximum atomic E-state index is 14.6. The number of H-pyrrole nitrogens is 1. The minimum atomic E-state index is -0.469. The molecule has 0 bridgehead atoms. The lowest BCUT2D eigenvalue weighted by molar-refractivity contribution is -0.180. The van der Waals surface area contributed by atoms with Crippen LogP contribution in [0.2, 0.25) is 0 Å². The number of piperazine rings is 1. The van der Waals surface area contributed by atoms with Crippen molar-refractivity contribution in [2.24, 2.45) is 44.8 Å². The Balaban J connectivity index is 1.33. The number of nitrogen functional groups attached to an aromatic ring is 1. The van der Waals surface area contributed by atoms with Crippen LogP contribution in [0.15, 0.2) is 22.3 Å². The standard InChI is InChI=1S/C44H67N5O3/c1-9-10-22-52-38(50)44-16-14-39(2,3)26-31(44)35-29(28-12-23-51-32(28)27-49-20-18-46-19-21-49)24-34-41(6)25-30-36(47-48-37(30)45)40(4,5)33(41)11-13-42(34,7)43(35,8)15-17-44/h12,23,31,33-34,46H,9-11,13-22,24-27H2,1-8H3,(H3,45,47,48)/t31-,33-,34?,41-,42+,43+,44-/m0/s1. The fourth-order valence-electron chi connectivity index (χ4n) is 13.7. The SMILES string of the molecule is CCCCOC(=O)[C@]12CCC(C)(C)C[C@H]1C1=C(c3ccoc3CN3CCNCC3)CC3[C@@]4(C)Cc5c(N)n[nH]c5C(C)(C)[C@@H]4CC[C@@]3(C)[C@]1(C)CC2. The molecule has 8 nitrogen and oxygen atoms in total. The third-order valence-corrected chi connectivity index (χ3v) is 16.8. The van der Waals surface area contributed by atoms with Gasteiger partial charge in [0.15, 0.2) is 0 Å². The molecule has 0 spiro atoms. The number of carbonyl (C=O) groups excluding carboxylic acids is 1. The Bertz CT molecular complexity index is 1730. The average molecular weight is 714 g/mol. The Kier molecular flexibility index (Phi) is 8.73. The Morgan fingerprint density at radius 3 is 2.54 bits per heavy atom. The first-order valence-corrected chi connectivity index (χ1v) is 20.8. The largest absolute Gasteiger partial charge is 0.467 e. The first-order valence-electron chi connectivity index (χ1n) is 20.8. The number of ether oxygens (including phenoxy) is 1. The van der Waals surface area contributed by atoms with Gasteiger partial charge in [0.2, 0.25) is 0 Å². The predicted molar refractivity (Wildman–Crippen MR) is 207 cm³/mol. The van der Waals surface area contributed by atoms with E-state index in [0.717, 1.165) is 96.3 Å². The number of fused-ring (bicyclic) bond motifs is 8. The van der Waals surface area contributed by atoms with Gasteiger partial charge < -0.3 is 20.2 Å². The molecule has 1 saturated heterocycles. The zero-order chi connectivity index (χ0) is 36.9. The number of nitrogens with one attached hydrogen (secondary N) is 2. The number of carbonyl (C=O) groups is 1. The number of nitrogens with two attached hydrogens (primary N) is 1. The van der Waals surface area contributed by atoms with Crippen molar-refractivity contribution >= 4 is 17.4 Å². The molecule has 4 N–H and O–H groups in total. The molecular weight excluding hydrogens is 647 g/mol. The number of aromatic amines is 1. The van der Waals surface area contributed by atoms with Gasteiger partial charge in [0.05, 0.1) is 24.8 Å². The van der Waals surface area contributed by atoms with Crippen LogP contribution in [0.3, 0.4) is 0 Å². The smallest absolute Gasteiger partial charge is 0.312 e. The van der Waals surface area contributed by atoms with Crippen molar-refractivity contribution in [1.29, 1.82) is 0 Å². The number of unbranched alkanes of at least 4 members (excludes halogenated alkanes) is 1. The number of allylic oxidation sites excluding steroid dienone is 2. The van der Waals surface area contributed by atoms with Gasteiger partial charge in [-0.3, -0.25) is 14.8 Å². The van der Waals surface area contributed by atoms with E-state index in [1.165, 1.54) is 35.2 Å². The van der Waals surface area contributed by atoms with Crippen LogP contribution in [-0.4, -0.2) is 53.9 Å². The highest BCUT2D eigenvalue weighted by atomic mass is 16.5. The molecule has 0 radical (unpaired) electrons. The van der Waals surface area contributed by atoms with Crippen molar-refractivity contribution in [3.8, 4) is 0 Å². The van der Waals surface area contributed by atoms with Gasteiger partial charge in [-0.25, -0.2) is 0 Å². The fourth-order valence-corrected chi connectivity index (χ4v) is 13.7. The summed E-state index contributed by atoms with van der Waals surface area (Å²) in [5, 5.41) is 11.5. The van der Waals surface area contributed by atoms with Crippen molar-refractivity contribution in [2.75, 3.05) is 38.5 Å². The molecule has 3 saturated carbocycles. The van der Waals surface area contributed by atoms with Crippen molar-refractivity contribution in [3.63, 3.8) is 0 Å². The molecule has 1 aliphatic heterocycles. The second-order valence-electron chi connectivity index (χ2n) is 20.2. The molecule has 2 aromatic heterocycles. The lowest BCUT2D eigenvalue weighted by Gasteiger charge is -2.71. The Labute approximate surface area is 312 Å². The van der Waals surface area contributed by atoms with E-state index in [9.17, 15) is 4.79 Å². The highest BCUT2D eigenvalue weighted by molar-refractivity contribution is 5.82. The van der Waals surface area contributed by atoms with Crippen molar-refractivity contribution in [2.45, 2.75) is 138 Å². The molecule has 52 heavy (non-hydrogen) atoms. The molecular formula is C44H67N5O3. The van der Waals surface area contributed by atoms with Crippen LogP contribution in [0.4, 0.5) is 5.82 Å². The summed E-state index contributed by atoms with van der Waals surface area (Å²) in [6.45, 7) is 25.3. The van der Waals surface area contributed by atoms with Gasteiger partial charge in [0.25, 0.3) is 0 Å². The first-order chi connectivity index (χ1) is 24.6. The zero-order valence-corrected chi connectivity index (χ0v) is 33.6. The molecule has 1 unspecified atom stereocenters. The average Bonchev–Trinajstić information content (AvgIpc) is 3.71. The quantitative estimate of drug-likeness (QED) is 0.195. The Hall–Kier alpha value is -2.58. The summed E-state index contributed by atoms with van der Waals surface area (Å²) in [5.74, 6) is 2.94. The van der Waals surface area contributed by atoms with Gasteiger partial charge in [0.1, 0.15) is 11.6 Å². The molecule has 6 aliphatic rings. The Morgan fingerprint density at radius 1 is 1.04 bits per heavy atom. The van der Waals surface area contributed by atoms with Gasteiger partial charge >= 0.3 is 5.97 Å². The van der Waals surface area contributed by atoms with Crippen molar-refractivity contribution < 1.29 is 13.9 Å². The van der Waals surface area contributed by atoms with Gasteiger partial charge in [-0.15, -0.1) is 0 Å². The summed E-state index contributed by atoms with van der Waals surface area (Å²) < 4.78 is 12.8. The van der Waals surface area contributed by atoms with E-state index in [2.05, 4.69) is 81.9 Å². The third-order valence-electron chi connectivity index (χ3n) is 16.8. The summed E-state index contributed by atoms with van der Waals surface area (Å²) in [4.78, 5) is 17.2. The molecule has 7 atom stereocenters. The monoisotopic (exact) mass is 714 g/mol. The van der Waals surface area contributed by atoms with E-state index in [4.69, 9.17) is 14.9 Å². The van der Waals surface area contributed by atoms with Crippen LogP contribution in [0.1, 0.15) is 142 Å². The zero-order valence-electron chi connectivity index (χ0n) is 33.6. The topological polar surface area (TPSA) is 109 Å². The van der Waals surface area contributed by atoms with Crippen molar-refractivity contribution in [1.82, 2.24) is 20.4 Å². The minimum Gasteiger partial charge on any atom is -0.467 e. The molecule has 8 heteroatoms. The van der Waals surface area contributed by atoms with Crippen LogP contribution in [0, 0.1) is 44.8 Å². The summed E-state index contributed by atoms with van der Waals surface area (Å²) in [7, 11) is 0. The fraction of sp³-hybridized carbons (Fsp3) is 0.773. The molecule has 2 aromatic rings. The van der Waals surface area contributed by atoms with Gasteiger partial charge in [0, 0.05) is 48.4 Å². The summed E-state index contributed by atoms with van der Waals surface area (Å²) in [5.41, 5.74) is 13.2. The summed E-state index contributed by atoms with van der Waals surface area (Å²) >= 11 is 0. The van der Waals surface area contributed by atoms with E-state index < -0.39 is 5.41 Å². The summed E-state index contributed by atoms with van der Waals surface area (Å²) in [6, 6.07) is 2.28.